The predicted octanol–water partition coefficient (Wildman–Crippen LogP) is 2.74. The highest BCUT2D eigenvalue weighted by Gasteiger charge is 2.33. The molecule has 21 heavy (non-hydrogen) atoms. The first-order valence-corrected chi connectivity index (χ1v) is 7.85. The van der Waals surface area contributed by atoms with Crippen molar-refractivity contribution in [2.24, 2.45) is 5.92 Å². The maximum absolute atomic E-state index is 10.1. The molecule has 3 saturated heterocycles. The normalized spacial score (nSPS) is 27.9. The van der Waals surface area contributed by atoms with E-state index in [4.69, 9.17) is 0 Å². The smallest absolute Gasteiger partial charge is 0.238 e. The molecule has 0 spiro atoms. The standard InChI is InChI=1S/C17H21N3O/c21-17-16(14-4-2-1-3-5-14)12-20(18-17)11-15-10-13-6-8-19(15)9-7-13/h1-5,12-13,15H,6-11H2,(H,18,21). The van der Waals surface area contributed by atoms with E-state index in [2.05, 4.69) is 10.00 Å². The van der Waals surface area contributed by atoms with Gasteiger partial charge < -0.3 is 5.11 Å². The molecular formula is C17H21N3O. The van der Waals surface area contributed by atoms with Crippen LogP contribution in [-0.4, -0.2) is 38.9 Å². The van der Waals surface area contributed by atoms with Crippen molar-refractivity contribution < 1.29 is 5.11 Å². The van der Waals surface area contributed by atoms with Gasteiger partial charge in [-0.15, -0.1) is 5.10 Å². The fraction of sp³-hybridized carbons (Fsp3) is 0.471. The Morgan fingerprint density at radius 1 is 1.14 bits per heavy atom. The summed E-state index contributed by atoms with van der Waals surface area (Å²) in [7, 11) is 0. The van der Waals surface area contributed by atoms with E-state index in [0.29, 0.717) is 6.04 Å². The minimum absolute atomic E-state index is 0.136. The number of hydrogen-bond donors (Lipinski definition) is 1. The molecule has 0 radical (unpaired) electrons. The van der Waals surface area contributed by atoms with E-state index in [1.807, 2.05) is 41.2 Å². The van der Waals surface area contributed by atoms with Gasteiger partial charge in [0.15, 0.2) is 0 Å². The van der Waals surface area contributed by atoms with Crippen LogP contribution in [-0.2, 0) is 6.54 Å². The molecule has 3 fully saturated rings. The molecule has 1 aromatic carbocycles. The van der Waals surface area contributed by atoms with E-state index in [9.17, 15) is 5.11 Å². The average Bonchev–Trinajstić information content (AvgIpc) is 2.90. The summed E-state index contributed by atoms with van der Waals surface area (Å²) in [6.45, 7) is 3.35. The van der Waals surface area contributed by atoms with E-state index in [1.54, 1.807) is 0 Å². The minimum atomic E-state index is 0.136. The number of hydrogen-bond acceptors (Lipinski definition) is 3. The highest BCUT2D eigenvalue weighted by atomic mass is 16.3. The first-order valence-electron chi connectivity index (χ1n) is 7.85. The summed E-state index contributed by atoms with van der Waals surface area (Å²) in [5.41, 5.74) is 1.85. The number of nitrogens with zero attached hydrogens (tertiary/aromatic N) is 3. The Kier molecular flexibility index (Phi) is 3.19. The van der Waals surface area contributed by atoms with Gasteiger partial charge in [-0.3, -0.25) is 9.58 Å². The molecule has 4 heteroatoms. The maximum atomic E-state index is 10.1. The van der Waals surface area contributed by atoms with E-state index >= 15 is 0 Å². The third kappa shape index (κ3) is 2.44. The molecule has 1 unspecified atom stereocenters. The van der Waals surface area contributed by atoms with Crippen LogP contribution < -0.4 is 0 Å². The molecule has 5 rings (SSSR count). The lowest BCUT2D eigenvalue weighted by Crippen LogP contribution is -2.50. The van der Waals surface area contributed by atoms with Gasteiger partial charge in [-0.1, -0.05) is 30.3 Å². The zero-order valence-electron chi connectivity index (χ0n) is 12.2. The summed E-state index contributed by atoms with van der Waals surface area (Å²) in [6.07, 6.45) is 5.97. The third-order valence-electron chi connectivity index (χ3n) is 5.00. The van der Waals surface area contributed by atoms with Gasteiger partial charge in [0.25, 0.3) is 0 Å². The minimum Gasteiger partial charge on any atom is -0.492 e. The Hall–Kier alpha value is -1.81. The molecule has 1 aromatic heterocycles. The summed E-state index contributed by atoms with van der Waals surface area (Å²) >= 11 is 0. The molecule has 0 saturated carbocycles. The van der Waals surface area contributed by atoms with Crippen molar-refractivity contribution in [1.29, 1.82) is 0 Å². The van der Waals surface area contributed by atoms with Crippen LogP contribution in [0.25, 0.3) is 11.1 Å². The molecule has 4 heterocycles. The first kappa shape index (κ1) is 12.9. The average molecular weight is 283 g/mol. The third-order valence-corrected chi connectivity index (χ3v) is 5.00. The zero-order chi connectivity index (χ0) is 14.2. The Morgan fingerprint density at radius 3 is 2.57 bits per heavy atom. The summed E-state index contributed by atoms with van der Waals surface area (Å²) in [4.78, 5) is 2.58. The lowest BCUT2D eigenvalue weighted by Gasteiger charge is -2.45. The first-order chi connectivity index (χ1) is 10.3. The molecule has 1 N–H and O–H groups in total. The molecule has 2 aromatic rings. The molecule has 0 amide bonds. The fourth-order valence-corrected chi connectivity index (χ4v) is 3.82. The van der Waals surface area contributed by atoms with E-state index in [1.165, 1.54) is 32.4 Å². The predicted molar refractivity (Wildman–Crippen MR) is 82.0 cm³/mol. The number of rotatable bonds is 3. The van der Waals surface area contributed by atoms with Gasteiger partial charge in [0, 0.05) is 12.2 Å². The zero-order valence-corrected chi connectivity index (χ0v) is 12.2. The van der Waals surface area contributed by atoms with Crippen LogP contribution in [0.5, 0.6) is 5.88 Å². The van der Waals surface area contributed by atoms with Crippen LogP contribution in [0.3, 0.4) is 0 Å². The molecule has 2 bridgehead atoms. The van der Waals surface area contributed by atoms with Gasteiger partial charge in [0.1, 0.15) is 0 Å². The lowest BCUT2D eigenvalue weighted by atomic mass is 9.83. The summed E-state index contributed by atoms with van der Waals surface area (Å²) in [6, 6.07) is 10.5. The van der Waals surface area contributed by atoms with E-state index < -0.39 is 0 Å². The van der Waals surface area contributed by atoms with Crippen molar-refractivity contribution in [3.63, 3.8) is 0 Å². The highest BCUT2D eigenvalue weighted by molar-refractivity contribution is 5.67. The van der Waals surface area contributed by atoms with Crippen molar-refractivity contribution in [2.45, 2.75) is 31.8 Å². The van der Waals surface area contributed by atoms with E-state index in [0.717, 1.165) is 23.6 Å². The van der Waals surface area contributed by atoms with Gasteiger partial charge in [-0.25, -0.2) is 0 Å². The van der Waals surface area contributed by atoms with Crippen molar-refractivity contribution in [3.8, 4) is 17.0 Å². The van der Waals surface area contributed by atoms with Gasteiger partial charge in [0.2, 0.25) is 5.88 Å². The summed E-state index contributed by atoms with van der Waals surface area (Å²) in [5.74, 6) is 1.04. The van der Waals surface area contributed by atoms with E-state index in [-0.39, 0.29) is 5.88 Å². The second-order valence-corrected chi connectivity index (χ2v) is 6.32. The van der Waals surface area contributed by atoms with Crippen LogP contribution >= 0.6 is 0 Å². The monoisotopic (exact) mass is 283 g/mol. The van der Waals surface area contributed by atoms with Crippen LogP contribution in [0.15, 0.2) is 36.5 Å². The van der Waals surface area contributed by atoms with Crippen molar-refractivity contribution in [3.05, 3.63) is 36.5 Å². The number of fused-ring (bicyclic) bond motifs is 3. The molecule has 110 valence electrons. The topological polar surface area (TPSA) is 41.3 Å². The Bertz CT molecular complexity index is 614. The van der Waals surface area contributed by atoms with Crippen molar-refractivity contribution in [1.82, 2.24) is 14.7 Å². The van der Waals surface area contributed by atoms with Crippen LogP contribution in [0.4, 0.5) is 0 Å². The number of benzene rings is 1. The van der Waals surface area contributed by atoms with Gasteiger partial charge in [0.05, 0.1) is 12.1 Å². The van der Waals surface area contributed by atoms with Crippen molar-refractivity contribution in [2.75, 3.05) is 13.1 Å². The van der Waals surface area contributed by atoms with Crippen LogP contribution in [0.2, 0.25) is 0 Å². The second-order valence-electron chi connectivity index (χ2n) is 6.32. The molecule has 1 atom stereocenters. The maximum Gasteiger partial charge on any atom is 0.238 e. The van der Waals surface area contributed by atoms with Gasteiger partial charge >= 0.3 is 0 Å². The molecular weight excluding hydrogens is 262 g/mol. The van der Waals surface area contributed by atoms with Gasteiger partial charge in [-0.2, -0.15) is 0 Å². The molecule has 3 aliphatic rings. The molecule has 3 aliphatic heterocycles. The van der Waals surface area contributed by atoms with Gasteiger partial charge in [-0.05, 0) is 43.8 Å². The number of aromatic nitrogens is 2. The SMILES string of the molecule is Oc1nn(CC2CC3CCN2CC3)cc1-c1ccccc1. The summed E-state index contributed by atoms with van der Waals surface area (Å²) < 4.78 is 1.92. The number of aromatic hydroxyl groups is 1. The fourth-order valence-electron chi connectivity index (χ4n) is 3.82. The Labute approximate surface area is 125 Å². The summed E-state index contributed by atoms with van der Waals surface area (Å²) in [5, 5.41) is 14.4. The molecule has 4 nitrogen and oxygen atoms in total. The number of piperidine rings is 3. The lowest BCUT2D eigenvalue weighted by molar-refractivity contribution is 0.0386. The second kappa shape index (κ2) is 5.19. The van der Waals surface area contributed by atoms with Crippen LogP contribution in [0.1, 0.15) is 19.3 Å². The van der Waals surface area contributed by atoms with Crippen LogP contribution in [0, 0.1) is 5.92 Å². The quantitative estimate of drug-likeness (QED) is 0.941. The largest absolute Gasteiger partial charge is 0.492 e. The highest BCUT2D eigenvalue weighted by Crippen LogP contribution is 2.33. The van der Waals surface area contributed by atoms with Crippen molar-refractivity contribution >= 4 is 0 Å². The Balaban J connectivity index is 1.54. The Morgan fingerprint density at radius 2 is 1.90 bits per heavy atom. The molecule has 0 aliphatic carbocycles.